The van der Waals surface area contributed by atoms with Crippen LogP contribution in [-0.4, -0.2) is 72.8 Å². The average molecular weight is 597 g/mol. The van der Waals surface area contributed by atoms with Gasteiger partial charge in [-0.25, -0.2) is 9.78 Å². The van der Waals surface area contributed by atoms with Crippen molar-refractivity contribution in [2.75, 3.05) is 36.4 Å². The van der Waals surface area contributed by atoms with Gasteiger partial charge in [-0.15, -0.1) is 0 Å². The predicted molar refractivity (Wildman–Crippen MR) is 168 cm³/mol. The van der Waals surface area contributed by atoms with Gasteiger partial charge in [0.2, 0.25) is 5.65 Å². The van der Waals surface area contributed by atoms with E-state index in [2.05, 4.69) is 20.2 Å². The van der Waals surface area contributed by atoms with E-state index in [9.17, 15) is 9.59 Å². The summed E-state index contributed by atoms with van der Waals surface area (Å²) < 4.78 is 15.2. The molecule has 2 amide bonds. The van der Waals surface area contributed by atoms with Crippen molar-refractivity contribution in [1.82, 2.24) is 29.0 Å². The van der Waals surface area contributed by atoms with Gasteiger partial charge >= 0.3 is 6.09 Å². The summed E-state index contributed by atoms with van der Waals surface area (Å²) in [6, 6.07) is 13.1. The number of nitrogens with one attached hydrogen (secondary N) is 1. The Kier molecular flexibility index (Phi) is 7.58. The van der Waals surface area contributed by atoms with Crippen LogP contribution in [0.2, 0.25) is 0 Å². The van der Waals surface area contributed by atoms with E-state index in [1.54, 1.807) is 21.6 Å². The van der Waals surface area contributed by atoms with Gasteiger partial charge in [0.05, 0.1) is 17.5 Å². The zero-order valence-electron chi connectivity index (χ0n) is 25.6. The number of nitrogens with zero attached hydrogens (tertiary/aromatic N) is 7. The molecule has 0 spiro atoms. The van der Waals surface area contributed by atoms with Crippen LogP contribution in [0.15, 0.2) is 61.1 Å². The van der Waals surface area contributed by atoms with Crippen LogP contribution in [0, 0.1) is 6.92 Å². The Bertz CT molecular complexity index is 1830. The normalized spacial score (nSPS) is 13.8. The standard InChI is InChI=1S/C32H36N8O4/c1-6-40-19-24-25(37-14-16-38(17-15-37)31(42)44-32(3,4)5)13-12-23(27(24)36-40)29(41)34-26-20-39-18-21(2)33-28(39)30(35-26)43-22-10-8-7-9-11-22/h7-13,18-20H,6,14-17H2,1-5H3,(H,34,41). The molecule has 12 nitrogen and oxygen atoms in total. The molecule has 0 bridgehead atoms. The van der Waals surface area contributed by atoms with Gasteiger partial charge in [-0.3, -0.25) is 13.9 Å². The molecule has 44 heavy (non-hydrogen) atoms. The predicted octanol–water partition coefficient (Wildman–Crippen LogP) is 5.51. The molecule has 1 N–H and O–H groups in total. The van der Waals surface area contributed by atoms with Crippen molar-refractivity contribution < 1.29 is 19.1 Å². The highest BCUT2D eigenvalue weighted by Gasteiger charge is 2.28. The molecule has 12 heteroatoms. The van der Waals surface area contributed by atoms with Crippen LogP contribution in [0.25, 0.3) is 16.6 Å². The van der Waals surface area contributed by atoms with E-state index >= 15 is 0 Å². The number of rotatable bonds is 6. The summed E-state index contributed by atoms with van der Waals surface area (Å²) >= 11 is 0. The molecule has 1 aliphatic heterocycles. The van der Waals surface area contributed by atoms with Crippen molar-refractivity contribution in [3.63, 3.8) is 0 Å². The zero-order chi connectivity index (χ0) is 31.0. The number of anilines is 2. The minimum Gasteiger partial charge on any atom is -0.444 e. The number of hydrogen-bond acceptors (Lipinski definition) is 8. The zero-order valence-corrected chi connectivity index (χ0v) is 25.6. The number of amides is 2. The summed E-state index contributed by atoms with van der Waals surface area (Å²) in [5.41, 5.74) is 2.79. The molecule has 1 aliphatic rings. The Balaban J connectivity index is 1.26. The highest BCUT2D eigenvalue weighted by Crippen LogP contribution is 2.31. The first kappa shape index (κ1) is 29.0. The molecule has 0 unspecified atom stereocenters. The molecule has 1 saturated heterocycles. The third-order valence-electron chi connectivity index (χ3n) is 7.27. The smallest absolute Gasteiger partial charge is 0.410 e. The summed E-state index contributed by atoms with van der Waals surface area (Å²) in [5.74, 6) is 0.868. The fourth-order valence-electron chi connectivity index (χ4n) is 5.22. The van der Waals surface area contributed by atoms with Gasteiger partial charge in [0.25, 0.3) is 11.8 Å². The lowest BCUT2D eigenvalue weighted by atomic mass is 10.1. The first-order valence-corrected chi connectivity index (χ1v) is 14.7. The Morgan fingerprint density at radius 3 is 2.41 bits per heavy atom. The molecule has 5 aromatic rings. The molecule has 2 aromatic carbocycles. The summed E-state index contributed by atoms with van der Waals surface area (Å²) in [6.45, 7) is 12.5. The molecule has 0 aliphatic carbocycles. The topological polar surface area (TPSA) is 119 Å². The number of benzene rings is 2. The Labute approximate surface area is 255 Å². The van der Waals surface area contributed by atoms with Crippen molar-refractivity contribution >= 4 is 40.1 Å². The number of ether oxygens (including phenoxy) is 2. The first-order valence-electron chi connectivity index (χ1n) is 14.7. The number of imidazole rings is 1. The molecular weight excluding hydrogens is 560 g/mol. The summed E-state index contributed by atoms with van der Waals surface area (Å²) in [6.07, 6.45) is 5.23. The second-order valence-electron chi connectivity index (χ2n) is 11.7. The SMILES string of the molecule is CCn1cc2c(N3CCN(C(=O)OC(C)(C)C)CC3)ccc(C(=O)Nc3cn4cc(C)nc4c(Oc4ccccc4)n3)c2n1. The molecule has 228 valence electrons. The Hall–Kier alpha value is -5.13. The lowest BCUT2D eigenvalue weighted by molar-refractivity contribution is 0.0240. The van der Waals surface area contributed by atoms with Crippen molar-refractivity contribution in [2.24, 2.45) is 0 Å². The van der Waals surface area contributed by atoms with E-state index in [4.69, 9.17) is 14.6 Å². The molecule has 3 aromatic heterocycles. The van der Waals surface area contributed by atoms with E-state index in [0.717, 1.165) is 16.8 Å². The second kappa shape index (κ2) is 11.5. The van der Waals surface area contributed by atoms with E-state index < -0.39 is 5.60 Å². The molecular formula is C32H36N8O4. The van der Waals surface area contributed by atoms with Gasteiger partial charge in [0.15, 0.2) is 5.82 Å². The van der Waals surface area contributed by atoms with Crippen LogP contribution in [0.3, 0.4) is 0 Å². The number of aryl methyl sites for hydroxylation is 2. The maximum Gasteiger partial charge on any atom is 0.410 e. The van der Waals surface area contributed by atoms with E-state index in [1.165, 1.54) is 0 Å². The lowest BCUT2D eigenvalue weighted by Crippen LogP contribution is -2.50. The van der Waals surface area contributed by atoms with E-state index in [1.807, 2.05) is 88.1 Å². The molecule has 4 heterocycles. The minimum absolute atomic E-state index is 0.281. The van der Waals surface area contributed by atoms with Crippen LogP contribution in [0.4, 0.5) is 16.3 Å². The fourth-order valence-corrected chi connectivity index (χ4v) is 5.22. The minimum atomic E-state index is -0.541. The van der Waals surface area contributed by atoms with E-state index in [-0.39, 0.29) is 17.9 Å². The number of hydrogen-bond donors (Lipinski definition) is 1. The van der Waals surface area contributed by atoms with Crippen LogP contribution in [0.5, 0.6) is 11.6 Å². The maximum atomic E-state index is 13.7. The third-order valence-corrected chi connectivity index (χ3v) is 7.27. The second-order valence-corrected chi connectivity index (χ2v) is 11.7. The summed E-state index contributed by atoms with van der Waals surface area (Å²) in [7, 11) is 0. The number of carbonyl (C=O) groups is 2. The third kappa shape index (κ3) is 6.01. The molecule has 0 atom stereocenters. The number of fused-ring (bicyclic) bond motifs is 2. The molecule has 1 fully saturated rings. The molecule has 0 saturated carbocycles. The summed E-state index contributed by atoms with van der Waals surface area (Å²) in [4.78, 5) is 39.4. The van der Waals surface area contributed by atoms with Crippen LogP contribution < -0.4 is 15.0 Å². The number of piperazine rings is 1. The Morgan fingerprint density at radius 2 is 1.70 bits per heavy atom. The highest BCUT2D eigenvalue weighted by atomic mass is 16.6. The number of aromatic nitrogens is 5. The van der Waals surface area contributed by atoms with Crippen molar-refractivity contribution in [1.29, 1.82) is 0 Å². The van der Waals surface area contributed by atoms with Gasteiger partial charge in [-0.1, -0.05) is 18.2 Å². The maximum absolute atomic E-state index is 13.7. The van der Waals surface area contributed by atoms with Crippen LogP contribution in [-0.2, 0) is 11.3 Å². The Morgan fingerprint density at radius 1 is 0.955 bits per heavy atom. The van der Waals surface area contributed by atoms with Gasteiger partial charge in [0, 0.05) is 56.2 Å². The van der Waals surface area contributed by atoms with Crippen LogP contribution >= 0.6 is 0 Å². The van der Waals surface area contributed by atoms with Crippen LogP contribution in [0.1, 0.15) is 43.7 Å². The van der Waals surface area contributed by atoms with Gasteiger partial charge in [0.1, 0.15) is 16.9 Å². The van der Waals surface area contributed by atoms with Gasteiger partial charge in [-0.2, -0.15) is 10.1 Å². The largest absolute Gasteiger partial charge is 0.444 e. The molecule has 0 radical (unpaired) electrons. The summed E-state index contributed by atoms with van der Waals surface area (Å²) in [5, 5.41) is 8.55. The molecule has 6 rings (SSSR count). The van der Waals surface area contributed by atoms with E-state index in [0.29, 0.717) is 61.0 Å². The highest BCUT2D eigenvalue weighted by molar-refractivity contribution is 6.13. The van der Waals surface area contributed by atoms with Crippen molar-refractivity contribution in [3.8, 4) is 11.6 Å². The lowest BCUT2D eigenvalue weighted by Gasteiger charge is -2.37. The van der Waals surface area contributed by atoms with Gasteiger partial charge in [-0.05, 0) is 58.9 Å². The van der Waals surface area contributed by atoms with Crippen molar-refractivity contribution in [2.45, 2.75) is 46.8 Å². The number of para-hydroxylation sites is 1. The average Bonchev–Trinajstić information content (AvgIpc) is 3.59. The monoisotopic (exact) mass is 596 g/mol. The quantitative estimate of drug-likeness (QED) is 0.273. The van der Waals surface area contributed by atoms with Gasteiger partial charge < -0.3 is 24.6 Å². The fraction of sp³-hybridized carbons (Fsp3) is 0.344. The first-order chi connectivity index (χ1) is 21.1. The van der Waals surface area contributed by atoms with Crippen molar-refractivity contribution in [3.05, 3.63) is 72.3 Å². The number of carbonyl (C=O) groups excluding carboxylic acids is 2.